The zero-order chi connectivity index (χ0) is 17.2. The van der Waals surface area contributed by atoms with E-state index in [4.69, 9.17) is 0 Å². The summed E-state index contributed by atoms with van der Waals surface area (Å²) in [4.78, 5) is 16.3. The number of benzene rings is 1. The van der Waals surface area contributed by atoms with Gasteiger partial charge in [-0.1, -0.05) is 18.2 Å². The van der Waals surface area contributed by atoms with E-state index in [0.717, 1.165) is 25.3 Å². The molecule has 1 aromatic carbocycles. The lowest BCUT2D eigenvalue weighted by Crippen LogP contribution is -2.50. The van der Waals surface area contributed by atoms with Gasteiger partial charge in [0.15, 0.2) is 0 Å². The van der Waals surface area contributed by atoms with E-state index in [2.05, 4.69) is 12.2 Å². The Morgan fingerprint density at radius 2 is 1.83 bits per heavy atom. The molecule has 0 spiro atoms. The fraction of sp³-hybridized carbons (Fsp3) is 0.500. The van der Waals surface area contributed by atoms with E-state index in [9.17, 15) is 18.0 Å². The number of rotatable bonds is 2. The molecule has 1 fully saturated rings. The molecule has 0 aromatic heterocycles. The SMILES string of the molecule is O=C(C1CC=CCC1)N1CCN(c2cccc(C(F)(F)F)c2)CC1. The number of carbonyl (C=O) groups is 1. The Bertz CT molecular complexity index is 619. The molecule has 2 aliphatic rings. The van der Waals surface area contributed by atoms with Crippen molar-refractivity contribution in [2.45, 2.75) is 25.4 Å². The first-order valence-electron chi connectivity index (χ1n) is 8.31. The number of carbonyl (C=O) groups excluding carboxylic acids is 1. The highest BCUT2D eigenvalue weighted by Gasteiger charge is 2.32. The van der Waals surface area contributed by atoms with Crippen LogP contribution in [-0.4, -0.2) is 37.0 Å². The summed E-state index contributed by atoms with van der Waals surface area (Å²) in [6.07, 6.45) is 2.47. The van der Waals surface area contributed by atoms with Gasteiger partial charge in [0.25, 0.3) is 0 Å². The fourth-order valence-electron chi connectivity index (χ4n) is 3.34. The first-order chi connectivity index (χ1) is 11.4. The van der Waals surface area contributed by atoms with Gasteiger partial charge in [0.1, 0.15) is 0 Å². The van der Waals surface area contributed by atoms with Crippen LogP contribution in [0.15, 0.2) is 36.4 Å². The molecule has 1 saturated heterocycles. The summed E-state index contributed by atoms with van der Waals surface area (Å²) in [6, 6.07) is 5.39. The van der Waals surface area contributed by atoms with E-state index in [0.29, 0.717) is 31.9 Å². The van der Waals surface area contributed by atoms with Gasteiger partial charge in [-0.05, 0) is 37.5 Å². The number of anilines is 1. The highest BCUT2D eigenvalue weighted by molar-refractivity contribution is 5.79. The lowest BCUT2D eigenvalue weighted by molar-refractivity contribution is -0.137. The van der Waals surface area contributed by atoms with Crippen LogP contribution in [0.1, 0.15) is 24.8 Å². The monoisotopic (exact) mass is 338 g/mol. The predicted octanol–water partition coefficient (Wildman–Crippen LogP) is 3.71. The Hall–Kier alpha value is -1.98. The molecule has 1 atom stereocenters. The quantitative estimate of drug-likeness (QED) is 0.768. The molecule has 0 N–H and O–H groups in total. The van der Waals surface area contributed by atoms with Gasteiger partial charge in [-0.2, -0.15) is 13.2 Å². The van der Waals surface area contributed by atoms with E-state index in [1.165, 1.54) is 12.1 Å². The number of hydrogen-bond acceptors (Lipinski definition) is 2. The lowest BCUT2D eigenvalue weighted by Gasteiger charge is -2.38. The van der Waals surface area contributed by atoms with Crippen LogP contribution in [0, 0.1) is 5.92 Å². The molecule has 6 heteroatoms. The summed E-state index contributed by atoms with van der Waals surface area (Å²) in [7, 11) is 0. The Kier molecular flexibility index (Phi) is 4.83. The van der Waals surface area contributed by atoms with Crippen molar-refractivity contribution in [2.24, 2.45) is 5.92 Å². The number of hydrogen-bond donors (Lipinski definition) is 0. The number of allylic oxidation sites excluding steroid dienone is 2. The Morgan fingerprint density at radius 1 is 1.08 bits per heavy atom. The summed E-state index contributed by atoms with van der Waals surface area (Å²) in [5.74, 6) is 0.248. The van der Waals surface area contributed by atoms with E-state index >= 15 is 0 Å². The summed E-state index contributed by atoms with van der Waals surface area (Å²) >= 11 is 0. The van der Waals surface area contributed by atoms with Crippen molar-refractivity contribution in [1.82, 2.24) is 4.90 Å². The molecular weight excluding hydrogens is 317 g/mol. The second kappa shape index (κ2) is 6.87. The van der Waals surface area contributed by atoms with Crippen molar-refractivity contribution in [3.63, 3.8) is 0 Å². The maximum atomic E-state index is 12.8. The van der Waals surface area contributed by atoms with Gasteiger partial charge < -0.3 is 9.80 Å². The largest absolute Gasteiger partial charge is 0.416 e. The van der Waals surface area contributed by atoms with Crippen LogP contribution in [0.4, 0.5) is 18.9 Å². The molecule has 1 aliphatic heterocycles. The molecule has 1 aromatic rings. The van der Waals surface area contributed by atoms with Gasteiger partial charge in [-0.3, -0.25) is 4.79 Å². The third-order valence-electron chi connectivity index (χ3n) is 4.75. The highest BCUT2D eigenvalue weighted by Crippen LogP contribution is 2.32. The average Bonchev–Trinajstić information content (AvgIpc) is 2.61. The van der Waals surface area contributed by atoms with E-state index in [1.54, 1.807) is 6.07 Å². The summed E-state index contributed by atoms with van der Waals surface area (Å²) < 4.78 is 38.5. The second-order valence-electron chi connectivity index (χ2n) is 6.34. The normalized spacial score (nSPS) is 21.9. The maximum Gasteiger partial charge on any atom is 0.416 e. The third kappa shape index (κ3) is 3.74. The van der Waals surface area contributed by atoms with E-state index in [-0.39, 0.29) is 11.8 Å². The summed E-state index contributed by atoms with van der Waals surface area (Å²) in [5.41, 5.74) is -0.0648. The molecule has 0 bridgehead atoms. The van der Waals surface area contributed by atoms with Crippen molar-refractivity contribution >= 4 is 11.6 Å². The fourth-order valence-corrected chi connectivity index (χ4v) is 3.34. The number of amides is 1. The van der Waals surface area contributed by atoms with E-state index < -0.39 is 11.7 Å². The molecule has 1 aliphatic carbocycles. The molecular formula is C18H21F3N2O. The molecule has 24 heavy (non-hydrogen) atoms. The zero-order valence-electron chi connectivity index (χ0n) is 13.4. The van der Waals surface area contributed by atoms with Crippen molar-refractivity contribution in [2.75, 3.05) is 31.1 Å². The van der Waals surface area contributed by atoms with Gasteiger partial charge in [0, 0.05) is 37.8 Å². The Labute approximate surface area is 139 Å². The molecule has 1 heterocycles. The molecule has 3 rings (SSSR count). The van der Waals surface area contributed by atoms with Gasteiger partial charge >= 0.3 is 6.18 Å². The topological polar surface area (TPSA) is 23.6 Å². The zero-order valence-corrected chi connectivity index (χ0v) is 13.4. The highest BCUT2D eigenvalue weighted by atomic mass is 19.4. The number of alkyl halides is 3. The molecule has 0 saturated carbocycles. The molecule has 130 valence electrons. The Morgan fingerprint density at radius 3 is 2.46 bits per heavy atom. The van der Waals surface area contributed by atoms with Crippen LogP contribution in [-0.2, 0) is 11.0 Å². The predicted molar refractivity (Wildman–Crippen MR) is 86.7 cm³/mol. The lowest BCUT2D eigenvalue weighted by atomic mass is 9.93. The van der Waals surface area contributed by atoms with Crippen LogP contribution >= 0.6 is 0 Å². The van der Waals surface area contributed by atoms with Crippen molar-refractivity contribution in [1.29, 1.82) is 0 Å². The minimum Gasteiger partial charge on any atom is -0.368 e. The Balaban J connectivity index is 1.61. The average molecular weight is 338 g/mol. The summed E-state index contributed by atoms with van der Waals surface area (Å²) in [6.45, 7) is 2.26. The molecule has 0 radical (unpaired) electrons. The van der Waals surface area contributed by atoms with Crippen LogP contribution in [0.25, 0.3) is 0 Å². The van der Waals surface area contributed by atoms with Gasteiger partial charge in [-0.25, -0.2) is 0 Å². The van der Waals surface area contributed by atoms with Gasteiger partial charge in [0.2, 0.25) is 5.91 Å². The molecule has 3 nitrogen and oxygen atoms in total. The minimum atomic E-state index is -4.33. The van der Waals surface area contributed by atoms with Crippen LogP contribution in [0.3, 0.4) is 0 Å². The molecule has 1 unspecified atom stereocenters. The smallest absolute Gasteiger partial charge is 0.368 e. The first kappa shape index (κ1) is 16.9. The van der Waals surface area contributed by atoms with Crippen LogP contribution in [0.5, 0.6) is 0 Å². The van der Waals surface area contributed by atoms with Crippen LogP contribution in [0.2, 0.25) is 0 Å². The van der Waals surface area contributed by atoms with Crippen LogP contribution < -0.4 is 4.90 Å². The number of piperazine rings is 1. The number of halogens is 3. The van der Waals surface area contributed by atoms with Crippen molar-refractivity contribution in [3.8, 4) is 0 Å². The molecule has 1 amide bonds. The second-order valence-corrected chi connectivity index (χ2v) is 6.34. The van der Waals surface area contributed by atoms with Crippen molar-refractivity contribution < 1.29 is 18.0 Å². The third-order valence-corrected chi connectivity index (χ3v) is 4.75. The number of nitrogens with zero attached hydrogens (tertiary/aromatic N) is 2. The summed E-state index contributed by atoms with van der Waals surface area (Å²) in [5, 5.41) is 0. The van der Waals surface area contributed by atoms with Gasteiger partial charge in [0.05, 0.1) is 5.56 Å². The first-order valence-corrected chi connectivity index (χ1v) is 8.31. The van der Waals surface area contributed by atoms with E-state index in [1.807, 2.05) is 9.80 Å². The maximum absolute atomic E-state index is 12.8. The standard InChI is InChI=1S/C18H21F3N2O/c19-18(20,21)15-7-4-8-16(13-15)22-9-11-23(12-10-22)17(24)14-5-2-1-3-6-14/h1-2,4,7-8,13-14H,3,5-6,9-12H2. The minimum absolute atomic E-state index is 0.0649. The van der Waals surface area contributed by atoms with Crippen molar-refractivity contribution in [3.05, 3.63) is 42.0 Å². The van der Waals surface area contributed by atoms with Gasteiger partial charge in [-0.15, -0.1) is 0 Å².